The molecule has 5 nitrogen and oxygen atoms in total. The first-order valence-corrected chi connectivity index (χ1v) is 4.84. The normalized spacial score (nSPS) is 14.4. The Morgan fingerprint density at radius 1 is 1.60 bits per heavy atom. The van der Waals surface area contributed by atoms with E-state index in [0.717, 1.165) is 23.9 Å². The van der Waals surface area contributed by atoms with Crippen molar-refractivity contribution in [3.05, 3.63) is 23.6 Å². The summed E-state index contributed by atoms with van der Waals surface area (Å²) in [6.07, 6.45) is 5.35. The molecule has 0 saturated heterocycles. The second-order valence-corrected chi connectivity index (χ2v) is 3.10. The molecule has 86 valence electrons. The maximum Gasteiger partial charge on any atom is 0.112 e. The van der Waals surface area contributed by atoms with Crippen molar-refractivity contribution >= 4 is 6.34 Å². The minimum absolute atomic E-state index is 0.0523. The van der Waals surface area contributed by atoms with Crippen molar-refractivity contribution in [1.29, 1.82) is 5.41 Å². The van der Waals surface area contributed by atoms with Crippen LogP contribution in [0.5, 0.6) is 0 Å². The van der Waals surface area contributed by atoms with Crippen LogP contribution in [0.2, 0.25) is 0 Å². The molecule has 0 aliphatic rings. The van der Waals surface area contributed by atoms with Crippen LogP contribution in [-0.4, -0.2) is 19.4 Å². The molecule has 0 radical (unpaired) electrons. The molecule has 0 aliphatic carbocycles. The van der Waals surface area contributed by atoms with Gasteiger partial charge in [0.1, 0.15) is 6.26 Å². The summed E-state index contributed by atoms with van der Waals surface area (Å²) < 4.78 is 0. The van der Waals surface area contributed by atoms with Gasteiger partial charge >= 0.3 is 0 Å². The van der Waals surface area contributed by atoms with Crippen molar-refractivity contribution in [2.75, 3.05) is 7.05 Å². The lowest BCUT2D eigenvalue weighted by atomic mass is 10.00. The zero-order valence-electron chi connectivity index (χ0n) is 9.50. The first-order valence-electron chi connectivity index (χ1n) is 4.84. The number of rotatable bonds is 7. The van der Waals surface area contributed by atoms with Crippen LogP contribution in [-0.2, 0) is 4.84 Å². The maximum atomic E-state index is 7.08. The number of nitrogens with one attached hydrogen (secondary N) is 3. The molecule has 0 rings (SSSR count). The van der Waals surface area contributed by atoms with Crippen molar-refractivity contribution in [3.8, 4) is 0 Å². The molecule has 1 unspecified atom stereocenters. The Hall–Kier alpha value is -1.49. The molecular formula is C10H20N4O. The van der Waals surface area contributed by atoms with Gasteiger partial charge in [-0.25, -0.2) is 0 Å². The monoisotopic (exact) mass is 212 g/mol. The van der Waals surface area contributed by atoms with Crippen LogP contribution in [0.15, 0.2) is 23.6 Å². The molecule has 0 aliphatic heterocycles. The van der Waals surface area contributed by atoms with Crippen molar-refractivity contribution in [1.82, 2.24) is 10.6 Å². The van der Waals surface area contributed by atoms with Crippen molar-refractivity contribution in [2.45, 2.75) is 26.3 Å². The molecule has 0 spiro atoms. The van der Waals surface area contributed by atoms with Gasteiger partial charge in [0, 0.05) is 7.05 Å². The van der Waals surface area contributed by atoms with E-state index >= 15 is 0 Å². The summed E-state index contributed by atoms with van der Waals surface area (Å²) in [5.74, 6) is 5.02. The molecule has 0 aromatic heterocycles. The second-order valence-electron chi connectivity index (χ2n) is 3.10. The van der Waals surface area contributed by atoms with Gasteiger partial charge in [0.05, 0.1) is 12.4 Å². The standard InChI is InChI=1S/C10H20N4O/c1-4-9(6-15-12)10(14-7-11)8(2)5-13-3/h5-7,10,13H,4,12H2,1-3H3,(H2,11,14)/b8-5+,9-6+. The highest BCUT2D eigenvalue weighted by Crippen LogP contribution is 2.14. The van der Waals surface area contributed by atoms with E-state index in [1.54, 1.807) is 0 Å². The Balaban J connectivity index is 4.84. The summed E-state index contributed by atoms with van der Waals surface area (Å²) in [5, 5.41) is 13.0. The molecule has 0 aromatic carbocycles. The van der Waals surface area contributed by atoms with Crippen molar-refractivity contribution < 1.29 is 4.84 Å². The lowest BCUT2D eigenvalue weighted by molar-refractivity contribution is 0.255. The predicted octanol–water partition coefficient (Wildman–Crippen LogP) is 0.859. The molecular weight excluding hydrogens is 192 g/mol. The van der Waals surface area contributed by atoms with Gasteiger partial charge in [-0.2, -0.15) is 5.90 Å². The van der Waals surface area contributed by atoms with Gasteiger partial charge in [-0.1, -0.05) is 6.92 Å². The smallest absolute Gasteiger partial charge is 0.112 e. The summed E-state index contributed by atoms with van der Waals surface area (Å²) in [4.78, 5) is 4.53. The summed E-state index contributed by atoms with van der Waals surface area (Å²) >= 11 is 0. The van der Waals surface area contributed by atoms with Crippen LogP contribution >= 0.6 is 0 Å². The highest BCUT2D eigenvalue weighted by Gasteiger charge is 2.13. The first-order chi connectivity index (χ1) is 7.21. The Bertz CT molecular complexity index is 248. The number of hydrogen-bond donors (Lipinski definition) is 4. The zero-order valence-corrected chi connectivity index (χ0v) is 9.50. The molecule has 0 fully saturated rings. The SMILES string of the molecule is CC/C(=C\ON)C(NC=N)/C(C)=C/NC. The quantitative estimate of drug-likeness (QED) is 0.218. The third-order valence-electron chi connectivity index (χ3n) is 2.08. The number of hydrogen-bond acceptors (Lipinski definition) is 4. The van der Waals surface area contributed by atoms with Crippen molar-refractivity contribution in [3.63, 3.8) is 0 Å². The maximum absolute atomic E-state index is 7.08. The fourth-order valence-corrected chi connectivity index (χ4v) is 1.37. The fraction of sp³-hybridized carbons (Fsp3) is 0.500. The topological polar surface area (TPSA) is 83.2 Å². The Labute approximate surface area is 90.8 Å². The van der Waals surface area contributed by atoms with E-state index in [1.807, 2.05) is 27.1 Å². The minimum atomic E-state index is -0.0523. The van der Waals surface area contributed by atoms with E-state index in [-0.39, 0.29) is 6.04 Å². The van der Waals surface area contributed by atoms with Gasteiger partial charge in [0.25, 0.3) is 0 Å². The van der Waals surface area contributed by atoms with Crippen LogP contribution in [0.3, 0.4) is 0 Å². The van der Waals surface area contributed by atoms with Crippen LogP contribution in [0.1, 0.15) is 20.3 Å². The van der Waals surface area contributed by atoms with Crippen LogP contribution in [0, 0.1) is 5.41 Å². The molecule has 5 N–H and O–H groups in total. The van der Waals surface area contributed by atoms with E-state index in [1.165, 1.54) is 6.26 Å². The average Bonchev–Trinajstić information content (AvgIpc) is 2.23. The molecule has 0 heterocycles. The second kappa shape index (κ2) is 7.87. The zero-order chi connectivity index (χ0) is 11.7. The van der Waals surface area contributed by atoms with Gasteiger partial charge in [-0.15, -0.1) is 0 Å². The van der Waals surface area contributed by atoms with Gasteiger partial charge < -0.3 is 15.5 Å². The summed E-state index contributed by atoms with van der Waals surface area (Å²) in [7, 11) is 1.83. The highest BCUT2D eigenvalue weighted by atomic mass is 16.6. The number of nitrogens with two attached hydrogens (primary N) is 1. The third kappa shape index (κ3) is 4.51. The van der Waals surface area contributed by atoms with Crippen LogP contribution in [0.4, 0.5) is 0 Å². The van der Waals surface area contributed by atoms with Gasteiger partial charge in [-0.05, 0) is 30.7 Å². The highest BCUT2D eigenvalue weighted by molar-refractivity contribution is 5.53. The lowest BCUT2D eigenvalue weighted by Crippen LogP contribution is -2.31. The Morgan fingerprint density at radius 3 is 2.67 bits per heavy atom. The van der Waals surface area contributed by atoms with Gasteiger partial charge in [-0.3, -0.25) is 5.41 Å². The van der Waals surface area contributed by atoms with Gasteiger partial charge in [0.15, 0.2) is 0 Å². The van der Waals surface area contributed by atoms with E-state index < -0.39 is 0 Å². The Morgan fingerprint density at radius 2 is 2.27 bits per heavy atom. The largest absolute Gasteiger partial charge is 0.419 e. The van der Waals surface area contributed by atoms with E-state index in [2.05, 4.69) is 15.5 Å². The summed E-state index contributed by atoms with van der Waals surface area (Å²) in [6, 6.07) is -0.0523. The van der Waals surface area contributed by atoms with E-state index in [0.29, 0.717) is 0 Å². The molecule has 1 atom stereocenters. The molecule has 15 heavy (non-hydrogen) atoms. The Kier molecular flexibility index (Phi) is 7.09. The molecule has 0 aromatic rings. The molecule has 0 bridgehead atoms. The van der Waals surface area contributed by atoms with Crippen LogP contribution < -0.4 is 16.5 Å². The van der Waals surface area contributed by atoms with Crippen molar-refractivity contribution in [2.24, 2.45) is 5.90 Å². The summed E-state index contributed by atoms with van der Waals surface area (Å²) in [6.45, 7) is 3.98. The minimum Gasteiger partial charge on any atom is -0.419 e. The average molecular weight is 212 g/mol. The molecule has 0 saturated carbocycles. The third-order valence-corrected chi connectivity index (χ3v) is 2.08. The van der Waals surface area contributed by atoms with Gasteiger partial charge in [0.2, 0.25) is 0 Å². The predicted molar refractivity (Wildman–Crippen MR) is 62.2 cm³/mol. The van der Waals surface area contributed by atoms with E-state index in [4.69, 9.17) is 11.3 Å². The summed E-state index contributed by atoms with van der Waals surface area (Å²) in [5.41, 5.74) is 2.05. The van der Waals surface area contributed by atoms with Crippen LogP contribution in [0.25, 0.3) is 0 Å². The van der Waals surface area contributed by atoms with E-state index in [9.17, 15) is 0 Å². The molecule has 0 amide bonds. The first kappa shape index (κ1) is 13.5. The fourth-order valence-electron chi connectivity index (χ4n) is 1.37. The molecule has 5 heteroatoms. The lowest BCUT2D eigenvalue weighted by Gasteiger charge is -2.20.